The Morgan fingerprint density at radius 3 is 2.78 bits per heavy atom. The van der Waals surface area contributed by atoms with Crippen LogP contribution in [0, 0.1) is 5.82 Å². The molecule has 0 saturated carbocycles. The predicted molar refractivity (Wildman–Crippen MR) is 68.3 cm³/mol. The lowest BCUT2D eigenvalue weighted by Crippen LogP contribution is -2.05. The van der Waals surface area contributed by atoms with E-state index >= 15 is 0 Å². The van der Waals surface area contributed by atoms with E-state index in [2.05, 4.69) is 4.98 Å². The van der Waals surface area contributed by atoms with Crippen LogP contribution in [0.4, 0.5) is 4.39 Å². The number of nitrogens with two attached hydrogens (primary N) is 1. The predicted octanol–water partition coefficient (Wildman–Crippen LogP) is 3.69. The van der Waals surface area contributed by atoms with Gasteiger partial charge in [-0.1, -0.05) is 11.6 Å². The van der Waals surface area contributed by atoms with Crippen molar-refractivity contribution in [2.75, 3.05) is 0 Å². The van der Waals surface area contributed by atoms with Crippen LogP contribution in [-0.2, 0) is 0 Å². The largest absolute Gasteiger partial charge is 0.437 e. The summed E-state index contributed by atoms with van der Waals surface area (Å²) in [6.07, 6.45) is 1.60. The summed E-state index contributed by atoms with van der Waals surface area (Å²) in [6, 6.07) is 7.34. The van der Waals surface area contributed by atoms with Gasteiger partial charge in [0, 0.05) is 18.3 Å². The molecule has 0 spiro atoms. The molecule has 0 aliphatic heterocycles. The minimum absolute atomic E-state index is 0.112. The van der Waals surface area contributed by atoms with Crippen molar-refractivity contribution in [3.05, 3.63) is 52.9 Å². The molecule has 0 amide bonds. The van der Waals surface area contributed by atoms with E-state index in [0.717, 1.165) is 5.56 Å². The molecule has 1 aromatic heterocycles. The molecule has 0 bridgehead atoms. The molecule has 3 nitrogen and oxygen atoms in total. The fourth-order valence-electron chi connectivity index (χ4n) is 1.43. The number of aromatic nitrogens is 1. The highest BCUT2D eigenvalue weighted by Crippen LogP contribution is 2.29. The third kappa shape index (κ3) is 2.97. The van der Waals surface area contributed by atoms with Gasteiger partial charge in [-0.25, -0.2) is 9.37 Å². The molecular formula is C13H12ClFN2O. The van der Waals surface area contributed by atoms with Crippen LogP contribution in [0.1, 0.15) is 18.5 Å². The van der Waals surface area contributed by atoms with Gasteiger partial charge in [0.05, 0.1) is 5.02 Å². The Kier molecular flexibility index (Phi) is 3.79. The smallest absolute Gasteiger partial charge is 0.219 e. The van der Waals surface area contributed by atoms with E-state index in [-0.39, 0.29) is 11.1 Å². The number of pyridine rings is 1. The maximum Gasteiger partial charge on any atom is 0.219 e. The number of ether oxygens (including phenoxy) is 1. The van der Waals surface area contributed by atoms with E-state index < -0.39 is 5.82 Å². The van der Waals surface area contributed by atoms with Crippen molar-refractivity contribution in [1.82, 2.24) is 4.98 Å². The minimum Gasteiger partial charge on any atom is -0.437 e. The van der Waals surface area contributed by atoms with Crippen LogP contribution in [0.3, 0.4) is 0 Å². The standard InChI is InChI=1S/C13H12ClFN2O/c1-8(16)9-4-5-17-13(6-9)18-12-3-2-10(15)7-11(12)14/h2-8H,16H2,1H3. The highest BCUT2D eigenvalue weighted by atomic mass is 35.5. The fourth-order valence-corrected chi connectivity index (χ4v) is 1.64. The second-order valence-corrected chi connectivity index (χ2v) is 4.30. The van der Waals surface area contributed by atoms with Gasteiger partial charge in [0.1, 0.15) is 11.6 Å². The Hall–Kier alpha value is -1.65. The quantitative estimate of drug-likeness (QED) is 0.922. The second-order valence-electron chi connectivity index (χ2n) is 3.89. The summed E-state index contributed by atoms with van der Waals surface area (Å²) in [5, 5.41) is 0.197. The van der Waals surface area contributed by atoms with Gasteiger partial charge in [0.25, 0.3) is 0 Å². The van der Waals surface area contributed by atoms with Crippen molar-refractivity contribution in [3.8, 4) is 11.6 Å². The van der Waals surface area contributed by atoms with Crippen molar-refractivity contribution in [1.29, 1.82) is 0 Å². The molecule has 0 fully saturated rings. The first-order chi connectivity index (χ1) is 8.56. The second kappa shape index (κ2) is 5.33. The van der Waals surface area contributed by atoms with Crippen LogP contribution in [0.5, 0.6) is 11.6 Å². The fraction of sp³-hybridized carbons (Fsp3) is 0.154. The average Bonchev–Trinajstić information content (AvgIpc) is 2.33. The Bertz CT molecular complexity index is 560. The first-order valence-electron chi connectivity index (χ1n) is 5.40. The van der Waals surface area contributed by atoms with Gasteiger partial charge in [-0.2, -0.15) is 0 Å². The average molecular weight is 267 g/mol. The zero-order valence-corrected chi connectivity index (χ0v) is 10.5. The molecule has 94 valence electrons. The number of hydrogen-bond acceptors (Lipinski definition) is 3. The summed E-state index contributed by atoms with van der Waals surface area (Å²) in [5.41, 5.74) is 6.67. The number of benzene rings is 1. The zero-order valence-electron chi connectivity index (χ0n) is 9.73. The molecule has 2 rings (SSSR count). The lowest BCUT2D eigenvalue weighted by atomic mass is 10.1. The summed E-state index contributed by atoms with van der Waals surface area (Å²) < 4.78 is 18.4. The van der Waals surface area contributed by atoms with Gasteiger partial charge >= 0.3 is 0 Å². The van der Waals surface area contributed by atoms with Crippen LogP contribution < -0.4 is 10.5 Å². The molecule has 1 unspecified atom stereocenters. The molecule has 5 heteroatoms. The van der Waals surface area contributed by atoms with Crippen molar-refractivity contribution in [2.24, 2.45) is 5.73 Å². The van der Waals surface area contributed by atoms with Gasteiger partial charge in [-0.15, -0.1) is 0 Å². The third-order valence-corrected chi connectivity index (χ3v) is 2.69. The van der Waals surface area contributed by atoms with Crippen molar-refractivity contribution >= 4 is 11.6 Å². The van der Waals surface area contributed by atoms with Crippen LogP contribution in [0.2, 0.25) is 5.02 Å². The molecule has 0 radical (unpaired) electrons. The maximum atomic E-state index is 12.9. The van der Waals surface area contributed by atoms with E-state index in [4.69, 9.17) is 22.1 Å². The highest BCUT2D eigenvalue weighted by molar-refractivity contribution is 6.32. The Labute approximate surface area is 109 Å². The lowest BCUT2D eigenvalue weighted by molar-refractivity contribution is 0.460. The first-order valence-corrected chi connectivity index (χ1v) is 5.78. The number of nitrogens with zero attached hydrogens (tertiary/aromatic N) is 1. The summed E-state index contributed by atoms with van der Waals surface area (Å²) in [7, 11) is 0. The van der Waals surface area contributed by atoms with Crippen LogP contribution in [-0.4, -0.2) is 4.98 Å². The monoisotopic (exact) mass is 266 g/mol. The van der Waals surface area contributed by atoms with Crippen LogP contribution in [0.15, 0.2) is 36.5 Å². The summed E-state index contributed by atoms with van der Waals surface area (Å²) in [4.78, 5) is 4.05. The van der Waals surface area contributed by atoms with Crippen LogP contribution in [0.25, 0.3) is 0 Å². The lowest BCUT2D eigenvalue weighted by Gasteiger charge is -2.09. The SMILES string of the molecule is CC(N)c1ccnc(Oc2ccc(F)cc2Cl)c1. The van der Waals surface area contributed by atoms with E-state index in [1.54, 1.807) is 12.3 Å². The van der Waals surface area contributed by atoms with Gasteiger partial charge in [-0.3, -0.25) is 0 Å². The van der Waals surface area contributed by atoms with E-state index in [1.165, 1.54) is 18.2 Å². The summed E-state index contributed by atoms with van der Waals surface area (Å²) in [5.74, 6) is 0.315. The van der Waals surface area contributed by atoms with E-state index in [1.807, 2.05) is 13.0 Å². The van der Waals surface area contributed by atoms with Crippen molar-refractivity contribution in [2.45, 2.75) is 13.0 Å². The molecule has 0 saturated heterocycles. The normalized spacial score (nSPS) is 12.2. The Morgan fingerprint density at radius 2 is 2.11 bits per heavy atom. The number of rotatable bonds is 3. The summed E-state index contributed by atoms with van der Waals surface area (Å²) in [6.45, 7) is 1.87. The zero-order chi connectivity index (χ0) is 13.1. The van der Waals surface area contributed by atoms with Gasteiger partial charge in [0.2, 0.25) is 5.88 Å². The number of hydrogen-bond donors (Lipinski definition) is 1. The number of halogens is 2. The van der Waals surface area contributed by atoms with E-state index in [0.29, 0.717) is 11.6 Å². The third-order valence-electron chi connectivity index (χ3n) is 2.39. The molecule has 1 heterocycles. The molecular weight excluding hydrogens is 255 g/mol. The molecule has 2 N–H and O–H groups in total. The Morgan fingerprint density at radius 1 is 1.33 bits per heavy atom. The van der Waals surface area contributed by atoms with Crippen molar-refractivity contribution in [3.63, 3.8) is 0 Å². The maximum absolute atomic E-state index is 12.9. The van der Waals surface area contributed by atoms with Gasteiger partial charge < -0.3 is 10.5 Å². The minimum atomic E-state index is -0.412. The topological polar surface area (TPSA) is 48.1 Å². The molecule has 0 aliphatic carbocycles. The molecule has 18 heavy (non-hydrogen) atoms. The van der Waals surface area contributed by atoms with E-state index in [9.17, 15) is 4.39 Å². The molecule has 2 aromatic rings. The first kappa shape index (κ1) is 12.8. The van der Waals surface area contributed by atoms with Gasteiger partial charge in [-0.05, 0) is 36.8 Å². The van der Waals surface area contributed by atoms with Crippen LogP contribution >= 0.6 is 11.6 Å². The Balaban J connectivity index is 2.25. The van der Waals surface area contributed by atoms with Crippen molar-refractivity contribution < 1.29 is 9.13 Å². The molecule has 1 aromatic carbocycles. The van der Waals surface area contributed by atoms with Gasteiger partial charge in [0.15, 0.2) is 0 Å². The summed E-state index contributed by atoms with van der Waals surface area (Å²) >= 11 is 5.86. The molecule has 0 aliphatic rings. The molecule has 1 atom stereocenters. The highest BCUT2D eigenvalue weighted by Gasteiger charge is 2.07.